The summed E-state index contributed by atoms with van der Waals surface area (Å²) < 4.78 is 22.8. The van der Waals surface area contributed by atoms with Gasteiger partial charge in [0.05, 0.1) is 34.4 Å². The van der Waals surface area contributed by atoms with Crippen LogP contribution in [0.15, 0.2) is 72.9 Å². The highest BCUT2D eigenvalue weighted by Crippen LogP contribution is 2.15. The van der Waals surface area contributed by atoms with Crippen molar-refractivity contribution in [3.63, 3.8) is 0 Å². The van der Waals surface area contributed by atoms with Crippen LogP contribution in [0.1, 0.15) is 213 Å². The molecule has 0 amide bonds. The Hall–Kier alpha value is -3.27. The molecule has 0 aliphatic carbocycles. The maximum absolute atomic E-state index is 12.8. The molecule has 0 saturated carbocycles. The lowest BCUT2D eigenvalue weighted by Gasteiger charge is -2.25. The topological polar surface area (TPSA) is 108 Å². The van der Waals surface area contributed by atoms with E-state index in [1.54, 1.807) is 0 Å². The van der Waals surface area contributed by atoms with Crippen LogP contribution in [-0.2, 0) is 33.3 Å². The number of likely N-dealkylation sites (N-methyl/N-ethyl adjacent to an activating group) is 1. The first-order chi connectivity index (χ1) is 32.1. The van der Waals surface area contributed by atoms with Crippen molar-refractivity contribution < 1.29 is 42.9 Å². The Morgan fingerprint density at radius 2 is 0.864 bits per heavy atom. The van der Waals surface area contributed by atoms with E-state index in [1.165, 1.54) is 89.9 Å². The Morgan fingerprint density at radius 3 is 1.29 bits per heavy atom. The van der Waals surface area contributed by atoms with Crippen molar-refractivity contribution in [1.82, 2.24) is 0 Å². The monoisotopic (exact) mass is 927 g/mol. The Kier molecular flexibility index (Phi) is 45.8. The first-order valence-corrected chi connectivity index (χ1v) is 26.6. The average Bonchev–Trinajstić information content (AvgIpc) is 3.28. The fourth-order valence-corrected chi connectivity index (χ4v) is 7.09. The second-order valence-corrected chi connectivity index (χ2v) is 18.8. The molecule has 0 bridgehead atoms. The van der Waals surface area contributed by atoms with Gasteiger partial charge in [0, 0.05) is 12.8 Å². The highest BCUT2D eigenvalue weighted by molar-refractivity contribution is 5.71. The maximum atomic E-state index is 12.8. The summed E-state index contributed by atoms with van der Waals surface area (Å²) in [4.78, 5) is 37.3. The molecule has 380 valence electrons. The summed E-state index contributed by atoms with van der Waals surface area (Å²) >= 11 is 0. The van der Waals surface area contributed by atoms with E-state index in [0.717, 1.165) is 89.9 Å². The van der Waals surface area contributed by atoms with Gasteiger partial charge in [-0.2, -0.15) is 0 Å². The molecule has 0 aliphatic heterocycles. The van der Waals surface area contributed by atoms with Gasteiger partial charge >= 0.3 is 17.9 Å². The van der Waals surface area contributed by atoms with E-state index in [4.69, 9.17) is 18.9 Å². The number of esters is 2. The van der Waals surface area contributed by atoms with Gasteiger partial charge in [-0.3, -0.25) is 9.59 Å². The first kappa shape index (κ1) is 62.7. The Balaban J connectivity index is 4.34. The number of quaternary nitrogens is 1. The second-order valence-electron chi connectivity index (χ2n) is 18.8. The molecule has 0 aromatic heterocycles. The zero-order chi connectivity index (χ0) is 48.4. The third-order valence-electron chi connectivity index (χ3n) is 11.2. The van der Waals surface area contributed by atoms with Crippen molar-refractivity contribution >= 4 is 17.9 Å². The molecule has 0 saturated heterocycles. The summed E-state index contributed by atoms with van der Waals surface area (Å²) in [6, 6.07) is 0. The normalized spacial score (nSPS) is 13.4. The number of unbranched alkanes of at least 4 members (excludes halogenated alkanes) is 21. The highest BCUT2D eigenvalue weighted by Gasteiger charge is 2.25. The fraction of sp³-hybridized carbons (Fsp3) is 0.737. The van der Waals surface area contributed by atoms with Gasteiger partial charge in [-0.15, -0.1) is 0 Å². The van der Waals surface area contributed by atoms with E-state index in [9.17, 15) is 19.5 Å². The molecule has 2 unspecified atom stereocenters. The Bertz CT molecular complexity index is 1310. The number of aliphatic carboxylic acids is 1. The van der Waals surface area contributed by atoms with Crippen molar-refractivity contribution in [3.8, 4) is 0 Å². The number of carboxylic acid groups (broad SMARTS) is 1. The lowest BCUT2D eigenvalue weighted by molar-refractivity contribution is -0.870. The maximum Gasteiger partial charge on any atom is 0.361 e. The summed E-state index contributed by atoms with van der Waals surface area (Å²) in [6.45, 7) is 4.73. The summed E-state index contributed by atoms with van der Waals surface area (Å²) in [5, 5.41) is 9.68. The molecule has 0 spiro atoms. The molecular weight excluding hydrogens is 827 g/mol. The van der Waals surface area contributed by atoms with Crippen LogP contribution in [0.25, 0.3) is 0 Å². The molecule has 9 nitrogen and oxygen atoms in total. The summed E-state index contributed by atoms with van der Waals surface area (Å²) in [5.41, 5.74) is 0. The number of allylic oxidation sites excluding steroid dienone is 12. The zero-order valence-corrected chi connectivity index (χ0v) is 43.1. The lowest BCUT2D eigenvalue weighted by atomic mass is 10.0. The molecule has 0 rings (SSSR count). The Morgan fingerprint density at radius 1 is 0.470 bits per heavy atom. The quantitative estimate of drug-likeness (QED) is 0.0211. The first-order valence-electron chi connectivity index (χ1n) is 26.6. The molecule has 9 heteroatoms. The van der Waals surface area contributed by atoms with E-state index in [2.05, 4.69) is 86.8 Å². The predicted octanol–water partition coefficient (Wildman–Crippen LogP) is 15.1. The zero-order valence-electron chi connectivity index (χ0n) is 43.1. The standard InChI is InChI=1S/C57H99NO8/c1-6-8-10-12-14-16-18-20-22-24-26-27-28-29-30-32-34-36-38-40-42-44-46-48-55(60)66-53(52-65-57(56(61)62)63-50-49-58(3,4)5)51-64-54(59)47-45-43-41-39-37-35-33-31-25-23-21-19-17-15-13-11-9-7-2/h8,10,14,16-17,19-20,22-23,25-27,53,57H,6-7,9,11-13,15,18,21,24,28-52H2,1-5H3/p+1/b10-8-,16-14-,19-17-,22-20-,25-23-,27-26-. The predicted molar refractivity (Wildman–Crippen MR) is 276 cm³/mol. The number of ether oxygens (including phenoxy) is 4. The van der Waals surface area contributed by atoms with Gasteiger partial charge in [-0.1, -0.05) is 189 Å². The van der Waals surface area contributed by atoms with E-state index in [1.807, 2.05) is 21.1 Å². The van der Waals surface area contributed by atoms with Gasteiger partial charge in [-0.25, -0.2) is 4.79 Å². The van der Waals surface area contributed by atoms with Crippen LogP contribution in [0.5, 0.6) is 0 Å². The van der Waals surface area contributed by atoms with E-state index >= 15 is 0 Å². The minimum absolute atomic E-state index is 0.182. The van der Waals surface area contributed by atoms with E-state index < -0.39 is 24.3 Å². The molecule has 0 aromatic rings. The van der Waals surface area contributed by atoms with Gasteiger partial charge in [0.1, 0.15) is 13.2 Å². The third-order valence-corrected chi connectivity index (χ3v) is 11.2. The van der Waals surface area contributed by atoms with E-state index in [-0.39, 0.29) is 38.6 Å². The van der Waals surface area contributed by atoms with Crippen LogP contribution < -0.4 is 0 Å². The fourth-order valence-electron chi connectivity index (χ4n) is 7.09. The van der Waals surface area contributed by atoms with Crippen molar-refractivity contribution in [2.45, 2.75) is 225 Å². The van der Waals surface area contributed by atoms with Crippen LogP contribution >= 0.6 is 0 Å². The summed E-state index contributed by atoms with van der Waals surface area (Å²) in [5.74, 6) is -2.02. The van der Waals surface area contributed by atoms with Crippen molar-refractivity contribution in [2.24, 2.45) is 0 Å². The van der Waals surface area contributed by atoms with Crippen LogP contribution in [0.4, 0.5) is 0 Å². The molecule has 0 aromatic carbocycles. The van der Waals surface area contributed by atoms with Crippen LogP contribution in [0, 0.1) is 0 Å². The molecule has 0 aliphatic rings. The van der Waals surface area contributed by atoms with Crippen LogP contribution in [-0.4, -0.2) is 87.4 Å². The number of carbonyl (C=O) groups is 3. The SMILES string of the molecule is CC/C=C\C/C=C\C/C=C\C/C=C\CCCCCCCCCCCCC(=O)OC(COC(=O)CCCCCCCCC/C=C\C/C=C\CCCCCC)COC(OCC[N+](C)(C)C)C(=O)O. The molecule has 0 fully saturated rings. The van der Waals surface area contributed by atoms with Crippen LogP contribution in [0.3, 0.4) is 0 Å². The van der Waals surface area contributed by atoms with Gasteiger partial charge in [0.15, 0.2) is 6.10 Å². The lowest BCUT2D eigenvalue weighted by Crippen LogP contribution is -2.40. The summed E-state index contributed by atoms with van der Waals surface area (Å²) in [7, 11) is 5.96. The number of hydrogen-bond acceptors (Lipinski definition) is 7. The number of nitrogens with zero attached hydrogens (tertiary/aromatic N) is 1. The van der Waals surface area contributed by atoms with Crippen LogP contribution in [0.2, 0.25) is 0 Å². The molecule has 0 heterocycles. The molecular formula is C57H100NO8+. The van der Waals surface area contributed by atoms with Crippen molar-refractivity contribution in [1.29, 1.82) is 0 Å². The van der Waals surface area contributed by atoms with Gasteiger partial charge in [-0.05, 0) is 83.5 Å². The summed E-state index contributed by atoms with van der Waals surface area (Å²) in [6.07, 6.45) is 58.2. The van der Waals surface area contributed by atoms with Gasteiger partial charge in [0.2, 0.25) is 0 Å². The minimum atomic E-state index is -1.52. The van der Waals surface area contributed by atoms with E-state index in [0.29, 0.717) is 17.4 Å². The smallest absolute Gasteiger partial charge is 0.361 e. The molecule has 66 heavy (non-hydrogen) atoms. The number of carbonyl (C=O) groups excluding carboxylic acids is 2. The van der Waals surface area contributed by atoms with Crippen molar-refractivity contribution in [2.75, 3.05) is 47.5 Å². The second kappa shape index (κ2) is 48.2. The molecule has 1 N–H and O–H groups in total. The number of carboxylic acids is 1. The largest absolute Gasteiger partial charge is 0.477 e. The number of rotatable bonds is 48. The van der Waals surface area contributed by atoms with Gasteiger partial charge in [0.25, 0.3) is 6.29 Å². The minimum Gasteiger partial charge on any atom is -0.477 e. The van der Waals surface area contributed by atoms with Crippen molar-refractivity contribution in [3.05, 3.63) is 72.9 Å². The highest BCUT2D eigenvalue weighted by atomic mass is 16.7. The Labute approximate surface area is 405 Å². The average molecular weight is 927 g/mol. The third kappa shape index (κ3) is 48.7. The molecule has 2 atom stereocenters. The van der Waals surface area contributed by atoms with Gasteiger partial charge < -0.3 is 28.5 Å². The molecule has 0 radical (unpaired) electrons. The number of hydrogen-bond donors (Lipinski definition) is 1.